The van der Waals surface area contributed by atoms with Gasteiger partial charge in [-0.2, -0.15) is 0 Å². The molecular weight excluding hydrogens is 344 g/mol. The molecule has 0 saturated carbocycles. The zero-order valence-corrected chi connectivity index (χ0v) is 15.1. The third-order valence-electron chi connectivity index (χ3n) is 4.46. The molecule has 148 valence electrons. The van der Waals surface area contributed by atoms with E-state index >= 15 is 0 Å². The van der Waals surface area contributed by atoms with Crippen molar-refractivity contribution in [1.82, 2.24) is 0 Å². The van der Waals surface area contributed by atoms with Gasteiger partial charge in [-0.25, -0.2) is 0 Å². The third kappa shape index (κ3) is 8.64. The van der Waals surface area contributed by atoms with Gasteiger partial charge in [0.05, 0.1) is 24.7 Å². The fourth-order valence-corrected chi connectivity index (χ4v) is 2.97. The van der Waals surface area contributed by atoms with E-state index in [9.17, 15) is 29.4 Å². The molecule has 0 aliphatic carbocycles. The highest BCUT2D eigenvalue weighted by atomic mass is 16.4. The number of carbonyl (C=O) groups is 4. The third-order valence-corrected chi connectivity index (χ3v) is 4.46. The monoisotopic (exact) mass is 372 g/mol. The number of carboxylic acids is 4. The van der Waals surface area contributed by atoms with Gasteiger partial charge in [0.15, 0.2) is 0 Å². The lowest BCUT2D eigenvalue weighted by Gasteiger charge is -2.29. The number of aliphatic carboxylic acids is 4. The van der Waals surface area contributed by atoms with Crippen molar-refractivity contribution in [2.45, 2.75) is 52.4 Å². The highest BCUT2D eigenvalue weighted by Crippen LogP contribution is 2.33. The summed E-state index contributed by atoms with van der Waals surface area (Å²) < 4.78 is 0. The SMILES string of the molecule is CCCCC/C=C/C(C(CC(=O)O)C(=O)O)C(C)C(CC(=O)O)C(=O)O. The van der Waals surface area contributed by atoms with Crippen molar-refractivity contribution < 1.29 is 39.6 Å². The van der Waals surface area contributed by atoms with Crippen LogP contribution in [0, 0.1) is 23.7 Å². The number of allylic oxidation sites excluding steroid dienone is 2. The van der Waals surface area contributed by atoms with E-state index in [0.29, 0.717) is 6.42 Å². The molecule has 0 heterocycles. The summed E-state index contributed by atoms with van der Waals surface area (Å²) in [6.07, 6.45) is 5.48. The molecule has 0 radical (unpaired) electrons. The van der Waals surface area contributed by atoms with Gasteiger partial charge in [0.2, 0.25) is 0 Å². The predicted octanol–water partition coefficient (Wildman–Crippen LogP) is 2.73. The molecule has 0 rings (SSSR count). The number of hydrogen-bond acceptors (Lipinski definition) is 4. The molecule has 8 heteroatoms. The van der Waals surface area contributed by atoms with Crippen LogP contribution in [0.5, 0.6) is 0 Å². The van der Waals surface area contributed by atoms with Crippen LogP contribution in [0.25, 0.3) is 0 Å². The average Bonchev–Trinajstić information content (AvgIpc) is 2.53. The van der Waals surface area contributed by atoms with Gasteiger partial charge in [0.1, 0.15) is 0 Å². The molecule has 0 aromatic carbocycles. The van der Waals surface area contributed by atoms with E-state index in [1.165, 1.54) is 6.92 Å². The number of rotatable bonds is 14. The van der Waals surface area contributed by atoms with Crippen molar-refractivity contribution in [1.29, 1.82) is 0 Å². The van der Waals surface area contributed by atoms with E-state index < -0.39 is 60.4 Å². The molecule has 4 unspecified atom stereocenters. The van der Waals surface area contributed by atoms with Gasteiger partial charge in [-0.15, -0.1) is 0 Å². The van der Waals surface area contributed by atoms with Crippen molar-refractivity contribution in [3.63, 3.8) is 0 Å². The zero-order valence-electron chi connectivity index (χ0n) is 15.1. The van der Waals surface area contributed by atoms with Crippen LogP contribution in [0.15, 0.2) is 12.2 Å². The lowest BCUT2D eigenvalue weighted by molar-refractivity contribution is -0.154. The van der Waals surface area contributed by atoms with Gasteiger partial charge in [-0.3, -0.25) is 19.2 Å². The minimum Gasteiger partial charge on any atom is -0.481 e. The van der Waals surface area contributed by atoms with Gasteiger partial charge in [0.25, 0.3) is 0 Å². The summed E-state index contributed by atoms with van der Waals surface area (Å²) in [6.45, 7) is 3.49. The number of unbranched alkanes of at least 4 members (excludes halogenated alkanes) is 3. The second-order valence-electron chi connectivity index (χ2n) is 6.45. The maximum absolute atomic E-state index is 11.6. The van der Waals surface area contributed by atoms with E-state index in [1.54, 1.807) is 12.2 Å². The molecule has 0 bridgehead atoms. The second-order valence-corrected chi connectivity index (χ2v) is 6.45. The summed E-state index contributed by atoms with van der Waals surface area (Å²) in [7, 11) is 0. The molecular formula is C18H28O8. The van der Waals surface area contributed by atoms with Crippen molar-refractivity contribution >= 4 is 23.9 Å². The minimum absolute atomic E-state index is 0.657. The summed E-state index contributed by atoms with van der Waals surface area (Å²) in [5.41, 5.74) is 0. The predicted molar refractivity (Wildman–Crippen MR) is 92.7 cm³/mol. The normalized spacial score (nSPS) is 15.9. The Bertz CT molecular complexity index is 525. The molecule has 0 aliphatic rings. The van der Waals surface area contributed by atoms with Crippen LogP contribution in [-0.4, -0.2) is 44.3 Å². The lowest BCUT2D eigenvalue weighted by Crippen LogP contribution is -2.36. The molecule has 0 aromatic heterocycles. The van der Waals surface area contributed by atoms with E-state index in [-0.39, 0.29) is 0 Å². The molecule has 4 N–H and O–H groups in total. The summed E-state index contributed by atoms with van der Waals surface area (Å²) in [4.78, 5) is 45.0. The van der Waals surface area contributed by atoms with Crippen LogP contribution in [0.3, 0.4) is 0 Å². The van der Waals surface area contributed by atoms with Crippen LogP contribution >= 0.6 is 0 Å². The van der Waals surface area contributed by atoms with Crippen molar-refractivity contribution in [2.75, 3.05) is 0 Å². The maximum atomic E-state index is 11.6. The van der Waals surface area contributed by atoms with Gasteiger partial charge in [0, 0.05) is 0 Å². The van der Waals surface area contributed by atoms with Crippen molar-refractivity contribution in [3.05, 3.63) is 12.2 Å². The molecule has 0 amide bonds. The van der Waals surface area contributed by atoms with E-state index in [1.807, 2.05) is 6.92 Å². The summed E-state index contributed by atoms with van der Waals surface area (Å²) in [5.74, 6) is -9.70. The standard InChI is InChI=1S/C18H28O8/c1-3-4-5-6-7-8-12(14(18(25)26)10-16(21)22)11(2)13(17(23)24)9-15(19)20/h7-8,11-14H,3-6,9-10H2,1-2H3,(H,19,20)(H,21,22)(H,23,24)(H,25,26)/b8-7+. The quantitative estimate of drug-likeness (QED) is 0.268. The smallest absolute Gasteiger partial charge is 0.307 e. The van der Waals surface area contributed by atoms with Crippen molar-refractivity contribution in [3.8, 4) is 0 Å². The van der Waals surface area contributed by atoms with E-state index in [2.05, 4.69) is 0 Å². The summed E-state index contributed by atoms with van der Waals surface area (Å²) in [6, 6.07) is 0. The maximum Gasteiger partial charge on any atom is 0.307 e. The topological polar surface area (TPSA) is 149 Å². The first-order chi connectivity index (χ1) is 12.1. The molecule has 0 aromatic rings. The Morgan fingerprint density at radius 3 is 1.77 bits per heavy atom. The van der Waals surface area contributed by atoms with Gasteiger partial charge in [-0.1, -0.05) is 38.8 Å². The first-order valence-corrected chi connectivity index (χ1v) is 8.67. The van der Waals surface area contributed by atoms with Crippen molar-refractivity contribution in [2.24, 2.45) is 23.7 Å². The highest BCUT2D eigenvalue weighted by molar-refractivity contribution is 5.80. The Morgan fingerprint density at radius 2 is 1.35 bits per heavy atom. The zero-order chi connectivity index (χ0) is 20.3. The Balaban J connectivity index is 5.62. The van der Waals surface area contributed by atoms with Crippen LogP contribution in [0.1, 0.15) is 52.4 Å². The Morgan fingerprint density at radius 1 is 0.846 bits per heavy atom. The lowest BCUT2D eigenvalue weighted by atomic mass is 9.73. The van der Waals surface area contributed by atoms with Crippen LogP contribution in [-0.2, 0) is 19.2 Å². The van der Waals surface area contributed by atoms with Crippen LogP contribution in [0.2, 0.25) is 0 Å². The first kappa shape index (κ1) is 23.6. The summed E-state index contributed by atoms with van der Waals surface area (Å²) >= 11 is 0. The van der Waals surface area contributed by atoms with E-state index in [0.717, 1.165) is 19.3 Å². The molecule has 4 atom stereocenters. The van der Waals surface area contributed by atoms with E-state index in [4.69, 9.17) is 10.2 Å². The van der Waals surface area contributed by atoms with Crippen LogP contribution in [0.4, 0.5) is 0 Å². The number of hydrogen-bond donors (Lipinski definition) is 4. The first-order valence-electron chi connectivity index (χ1n) is 8.67. The van der Waals surface area contributed by atoms with Gasteiger partial charge < -0.3 is 20.4 Å². The Hall–Kier alpha value is -2.38. The molecule has 0 spiro atoms. The fourth-order valence-electron chi connectivity index (χ4n) is 2.97. The fraction of sp³-hybridized carbons (Fsp3) is 0.667. The molecule has 0 fully saturated rings. The molecule has 0 saturated heterocycles. The molecule has 26 heavy (non-hydrogen) atoms. The van der Waals surface area contributed by atoms with Gasteiger partial charge >= 0.3 is 23.9 Å². The summed E-state index contributed by atoms with van der Waals surface area (Å²) in [5, 5.41) is 36.7. The Kier molecular flexibility index (Phi) is 10.9. The minimum atomic E-state index is -1.35. The Labute approximate surface area is 152 Å². The molecule has 0 aliphatic heterocycles. The second kappa shape index (κ2) is 12.1. The van der Waals surface area contributed by atoms with Crippen LogP contribution < -0.4 is 0 Å². The largest absolute Gasteiger partial charge is 0.481 e. The number of carboxylic acid groups (broad SMARTS) is 4. The highest BCUT2D eigenvalue weighted by Gasteiger charge is 2.39. The average molecular weight is 372 g/mol. The van der Waals surface area contributed by atoms with Gasteiger partial charge in [-0.05, 0) is 24.7 Å². The molecule has 8 nitrogen and oxygen atoms in total.